The van der Waals surface area contributed by atoms with E-state index in [2.05, 4.69) is 50.1 Å². The second-order valence-electron chi connectivity index (χ2n) is 24.6. The van der Waals surface area contributed by atoms with Crippen LogP contribution in [0.3, 0.4) is 0 Å². The maximum atomic E-state index is 14.4. The fraction of sp³-hybridized carbons (Fsp3) is 0.684. The van der Waals surface area contributed by atoms with E-state index in [9.17, 15) is 4.79 Å². The van der Waals surface area contributed by atoms with Gasteiger partial charge in [-0.25, -0.2) is 4.79 Å². The summed E-state index contributed by atoms with van der Waals surface area (Å²) >= 11 is 0. The van der Waals surface area contributed by atoms with Crippen LogP contribution in [0.5, 0.6) is 34.5 Å². The fourth-order valence-corrected chi connectivity index (χ4v) is 11.0. The Kier molecular flexibility index (Phi) is 54.6. The molecule has 0 saturated heterocycles. The fourth-order valence-electron chi connectivity index (χ4n) is 11.0. The lowest BCUT2D eigenvalue weighted by molar-refractivity contribution is 0.234. The molecule has 2 rings (SSSR count). The average molecular weight is 1220 g/mol. The molecule has 2 aromatic carbocycles. The summed E-state index contributed by atoms with van der Waals surface area (Å²) in [7, 11) is 0. The third kappa shape index (κ3) is 45.2. The largest absolute Gasteiger partial charge is 0.489 e. The van der Waals surface area contributed by atoms with Gasteiger partial charge in [0.1, 0.15) is 0 Å². The van der Waals surface area contributed by atoms with Gasteiger partial charge in [0.05, 0.1) is 51.0 Å². The van der Waals surface area contributed by atoms with E-state index >= 15 is 0 Å². The van der Waals surface area contributed by atoms with Crippen LogP contribution in [0, 0.1) is 0 Å². The average Bonchev–Trinajstić information content (AvgIpc) is 3.66. The van der Waals surface area contributed by atoms with Crippen molar-refractivity contribution in [2.45, 2.75) is 308 Å². The predicted molar refractivity (Wildman–Crippen MR) is 381 cm³/mol. The molecule has 88 heavy (non-hydrogen) atoms. The van der Waals surface area contributed by atoms with E-state index in [4.69, 9.17) is 28.4 Å². The lowest BCUT2D eigenvalue weighted by Gasteiger charge is -2.20. The topological polar surface area (TPSA) is 96.5 Å². The van der Waals surface area contributed by atoms with Crippen molar-refractivity contribution >= 4 is 17.4 Å². The summed E-state index contributed by atoms with van der Waals surface area (Å²) in [6, 6.07) is 7.23. The number of hydrogen-bond acceptors (Lipinski definition) is 7. The molecule has 0 aliphatic rings. The third-order valence-electron chi connectivity index (χ3n) is 16.4. The number of carbonyl (C=O) groups is 1. The minimum absolute atomic E-state index is 0.396. The third-order valence-corrected chi connectivity index (χ3v) is 16.4. The van der Waals surface area contributed by atoms with Gasteiger partial charge in [0.2, 0.25) is 11.5 Å². The van der Waals surface area contributed by atoms with Crippen molar-refractivity contribution in [1.29, 1.82) is 0 Å². The first-order chi connectivity index (χ1) is 43.5. The van der Waals surface area contributed by atoms with Gasteiger partial charge in [0.25, 0.3) is 0 Å². The number of nitrogens with one attached hydrogen (secondary N) is 2. The number of anilines is 2. The molecule has 9 heteroatoms. The van der Waals surface area contributed by atoms with Crippen LogP contribution in [0.15, 0.2) is 100 Å². The molecule has 0 aliphatic carbocycles. The first kappa shape index (κ1) is 79.0. The zero-order valence-electron chi connectivity index (χ0n) is 56.6. The molecule has 0 bridgehead atoms. The first-order valence-electron chi connectivity index (χ1n) is 36.4. The van der Waals surface area contributed by atoms with E-state index in [0.29, 0.717) is 85.5 Å². The van der Waals surface area contributed by atoms with E-state index < -0.39 is 6.03 Å². The normalized spacial score (nSPS) is 11.0. The van der Waals surface area contributed by atoms with E-state index in [1.165, 1.54) is 193 Å². The van der Waals surface area contributed by atoms with Crippen LogP contribution in [-0.4, -0.2) is 45.7 Å². The highest BCUT2D eigenvalue weighted by Gasteiger charge is 2.21. The molecule has 0 saturated carbocycles. The van der Waals surface area contributed by atoms with Gasteiger partial charge in [-0.05, 0) is 116 Å². The zero-order chi connectivity index (χ0) is 63.1. The number of allylic oxidation sites excluding steroid dienone is 6. The Bertz CT molecular complexity index is 1780. The van der Waals surface area contributed by atoms with Gasteiger partial charge >= 0.3 is 6.03 Å². The Labute approximate surface area is 541 Å². The van der Waals surface area contributed by atoms with Crippen molar-refractivity contribution in [2.24, 2.45) is 0 Å². The SMILES string of the molecule is C=CCCCCCCCCCOc1cc(NC(=O)Nc2cc(OCCCCCCCCCC=C)c(OCCCCCCCCCC=C)c(OCCCCCCCCCC=C)c2)cc(OCCCCCCCCCC=C)c1OCCCCCCCCCC=C. The van der Waals surface area contributed by atoms with Crippen LogP contribution < -0.4 is 39.1 Å². The highest BCUT2D eigenvalue weighted by atomic mass is 16.5. The summed E-state index contributed by atoms with van der Waals surface area (Å²) < 4.78 is 40.0. The molecule has 0 unspecified atom stereocenters. The van der Waals surface area contributed by atoms with Crippen LogP contribution >= 0.6 is 0 Å². The summed E-state index contributed by atoms with van der Waals surface area (Å²) in [5.41, 5.74) is 1.13. The molecule has 2 amide bonds. The van der Waals surface area contributed by atoms with Crippen LogP contribution in [0.1, 0.15) is 308 Å². The molecule has 2 N–H and O–H groups in total. The number of urea groups is 1. The molecule has 2 aromatic rings. The van der Waals surface area contributed by atoms with E-state index in [0.717, 1.165) is 116 Å². The number of carbonyl (C=O) groups excluding carboxylic acids is 1. The minimum atomic E-state index is -0.396. The van der Waals surface area contributed by atoms with Gasteiger partial charge < -0.3 is 39.1 Å². The molecule has 500 valence electrons. The van der Waals surface area contributed by atoms with Gasteiger partial charge in [-0.2, -0.15) is 0 Å². The van der Waals surface area contributed by atoms with Crippen molar-refractivity contribution in [3.8, 4) is 34.5 Å². The van der Waals surface area contributed by atoms with Crippen LogP contribution in [-0.2, 0) is 0 Å². The Morgan fingerprint density at radius 2 is 0.409 bits per heavy atom. The number of ether oxygens (including phenoxy) is 6. The van der Waals surface area contributed by atoms with E-state index in [1.807, 2.05) is 60.7 Å². The molecule has 0 atom stereocenters. The minimum Gasteiger partial charge on any atom is -0.489 e. The van der Waals surface area contributed by atoms with Gasteiger partial charge in [-0.15, -0.1) is 39.5 Å². The molecule has 0 fully saturated rings. The Balaban J connectivity index is 2.47. The Morgan fingerprint density at radius 1 is 0.250 bits per heavy atom. The molecule has 0 aromatic heterocycles. The smallest absolute Gasteiger partial charge is 0.323 e. The molecule has 0 radical (unpaired) electrons. The molecular weight excluding hydrogens is 1090 g/mol. The number of amides is 2. The van der Waals surface area contributed by atoms with Crippen molar-refractivity contribution in [2.75, 3.05) is 50.3 Å². The lowest BCUT2D eigenvalue weighted by Crippen LogP contribution is -2.20. The quantitative estimate of drug-likeness (QED) is 0.0503. The maximum absolute atomic E-state index is 14.4. The van der Waals surface area contributed by atoms with E-state index in [1.54, 1.807) is 0 Å². The number of hydrogen-bond donors (Lipinski definition) is 2. The first-order valence-corrected chi connectivity index (χ1v) is 36.4. The molecular formula is C79H132N2O7. The van der Waals surface area contributed by atoms with Crippen molar-refractivity contribution in [3.63, 3.8) is 0 Å². The summed E-state index contributed by atoms with van der Waals surface area (Å²) in [5, 5.41) is 6.35. The van der Waals surface area contributed by atoms with Crippen LogP contribution in [0.2, 0.25) is 0 Å². The Morgan fingerprint density at radius 3 is 0.591 bits per heavy atom. The number of rotatable bonds is 68. The maximum Gasteiger partial charge on any atom is 0.323 e. The van der Waals surface area contributed by atoms with Crippen LogP contribution in [0.4, 0.5) is 16.2 Å². The second-order valence-corrected chi connectivity index (χ2v) is 24.6. The van der Waals surface area contributed by atoms with Gasteiger partial charge in [0, 0.05) is 24.3 Å². The highest BCUT2D eigenvalue weighted by molar-refractivity contribution is 6.00. The van der Waals surface area contributed by atoms with Gasteiger partial charge in [-0.3, -0.25) is 0 Å². The zero-order valence-corrected chi connectivity index (χ0v) is 56.6. The summed E-state index contributed by atoms with van der Waals surface area (Å²) in [4.78, 5) is 14.4. The molecule has 0 spiro atoms. The van der Waals surface area contributed by atoms with E-state index in [-0.39, 0.29) is 0 Å². The van der Waals surface area contributed by atoms with Crippen molar-refractivity contribution < 1.29 is 33.2 Å². The summed E-state index contributed by atoms with van der Waals surface area (Å²) in [5.74, 6) is 3.61. The van der Waals surface area contributed by atoms with Gasteiger partial charge in [-0.1, -0.05) is 229 Å². The summed E-state index contributed by atoms with van der Waals surface area (Å²) in [6.45, 7) is 26.6. The van der Waals surface area contributed by atoms with Crippen LogP contribution in [0.25, 0.3) is 0 Å². The van der Waals surface area contributed by atoms with Crippen molar-refractivity contribution in [3.05, 3.63) is 100 Å². The lowest BCUT2D eigenvalue weighted by atomic mass is 10.1. The highest BCUT2D eigenvalue weighted by Crippen LogP contribution is 2.43. The predicted octanol–water partition coefficient (Wildman–Crippen LogP) is 25.4. The molecule has 0 aliphatic heterocycles. The Hall–Kier alpha value is -5.05. The number of unbranched alkanes of at least 4 members (excludes halogenated alkanes) is 42. The number of benzene rings is 2. The second kappa shape index (κ2) is 60.8. The molecule has 0 heterocycles. The summed E-state index contributed by atoms with van der Waals surface area (Å²) in [6.07, 6.45) is 67.7. The van der Waals surface area contributed by atoms with Gasteiger partial charge in [0.15, 0.2) is 23.0 Å². The standard InChI is InChI=1S/C79H132N2O7/c1-7-13-19-25-31-37-43-49-55-61-83-73-67-71(68-74(84-62-56-50-44-38-32-26-20-14-8-2)77(73)87-65-59-53-47-41-35-29-23-17-11-5)80-79(82)81-72-69-75(85-63-57-51-45-39-33-27-21-15-9-3)78(88-66-60-54-48-42-36-30-24-18-12-6)76(70-72)86-64-58-52-46-40-34-28-22-16-10-4/h7-12,67-70H,1-6,13-66H2,(H2,80,81,82). The molecule has 9 nitrogen and oxygen atoms in total. The van der Waals surface area contributed by atoms with Crippen molar-refractivity contribution in [1.82, 2.24) is 0 Å². The monoisotopic (exact) mass is 1220 g/mol.